The summed E-state index contributed by atoms with van der Waals surface area (Å²) in [6, 6.07) is 13.2. The maximum Gasteiger partial charge on any atom is 0.141 e. The lowest BCUT2D eigenvalue weighted by atomic mass is 10.0. The number of benzene rings is 2. The molecule has 0 aliphatic carbocycles. The van der Waals surface area contributed by atoms with Gasteiger partial charge in [-0.3, -0.25) is 4.79 Å². The van der Waals surface area contributed by atoms with Gasteiger partial charge in [-0.15, -0.1) is 0 Å². The molecule has 0 aliphatic heterocycles. The van der Waals surface area contributed by atoms with Crippen LogP contribution < -0.4 is 0 Å². The lowest BCUT2D eigenvalue weighted by Gasteiger charge is -2.05. The van der Waals surface area contributed by atoms with E-state index in [1.807, 2.05) is 31.2 Å². The Morgan fingerprint density at radius 1 is 1.00 bits per heavy atom. The highest BCUT2D eigenvalue weighted by Gasteiger charge is 2.08. The minimum Gasteiger partial charge on any atom is -0.299 e. The van der Waals surface area contributed by atoms with E-state index in [0.29, 0.717) is 22.9 Å². The van der Waals surface area contributed by atoms with Gasteiger partial charge in [0.1, 0.15) is 5.78 Å². The number of carbonyl (C=O) groups is 1. The van der Waals surface area contributed by atoms with Crippen LogP contribution in [-0.4, -0.2) is 5.78 Å². The van der Waals surface area contributed by atoms with Crippen LogP contribution in [0.5, 0.6) is 0 Å². The van der Waals surface area contributed by atoms with Gasteiger partial charge < -0.3 is 0 Å². The van der Waals surface area contributed by atoms with Crippen molar-refractivity contribution < 1.29 is 4.79 Å². The monoisotopic (exact) mass is 292 g/mol. The van der Waals surface area contributed by atoms with E-state index in [-0.39, 0.29) is 5.78 Å². The summed E-state index contributed by atoms with van der Waals surface area (Å²) in [5.74, 6) is 0.146. The first kappa shape index (κ1) is 14.1. The summed E-state index contributed by atoms with van der Waals surface area (Å²) >= 11 is 11.9. The molecule has 0 atom stereocenters. The minimum absolute atomic E-state index is 0.146. The van der Waals surface area contributed by atoms with Gasteiger partial charge in [-0.1, -0.05) is 59.1 Å². The molecule has 0 amide bonds. The third kappa shape index (κ3) is 4.09. The Morgan fingerprint density at radius 3 is 2.32 bits per heavy atom. The molecule has 1 nitrogen and oxygen atoms in total. The van der Waals surface area contributed by atoms with Crippen LogP contribution in [0.4, 0.5) is 0 Å². The maximum atomic E-state index is 12.0. The zero-order chi connectivity index (χ0) is 13.8. The van der Waals surface area contributed by atoms with Gasteiger partial charge in [-0.05, 0) is 30.2 Å². The third-order valence-electron chi connectivity index (χ3n) is 2.92. The molecule has 0 radical (unpaired) electrons. The molecule has 0 aliphatic rings. The highest BCUT2D eigenvalue weighted by molar-refractivity contribution is 6.35. The van der Waals surface area contributed by atoms with Gasteiger partial charge in [-0.2, -0.15) is 0 Å². The van der Waals surface area contributed by atoms with Crippen LogP contribution >= 0.6 is 23.2 Å². The molecule has 0 saturated carbocycles. The van der Waals surface area contributed by atoms with Crippen LogP contribution in [0.2, 0.25) is 10.0 Å². The summed E-state index contributed by atoms with van der Waals surface area (Å²) in [7, 11) is 0. The van der Waals surface area contributed by atoms with Crippen LogP contribution in [0.15, 0.2) is 42.5 Å². The fourth-order valence-corrected chi connectivity index (χ4v) is 2.35. The van der Waals surface area contributed by atoms with Crippen LogP contribution in [0.25, 0.3) is 0 Å². The largest absolute Gasteiger partial charge is 0.299 e. The SMILES string of the molecule is Cc1ccc(CC(=O)Cc2ccc(Cl)cc2Cl)cc1. The van der Waals surface area contributed by atoms with Crippen LogP contribution in [-0.2, 0) is 17.6 Å². The maximum absolute atomic E-state index is 12.0. The number of carbonyl (C=O) groups excluding carboxylic acids is 1. The molecular weight excluding hydrogens is 279 g/mol. The van der Waals surface area contributed by atoms with Crippen molar-refractivity contribution in [2.24, 2.45) is 0 Å². The van der Waals surface area contributed by atoms with E-state index in [9.17, 15) is 4.79 Å². The number of halogens is 2. The molecule has 0 fully saturated rings. The second kappa shape index (κ2) is 6.23. The fraction of sp³-hybridized carbons (Fsp3) is 0.188. The number of rotatable bonds is 4. The standard InChI is InChI=1S/C16H14Cl2O/c1-11-2-4-12(5-3-11)8-15(19)9-13-6-7-14(17)10-16(13)18/h2-7,10H,8-9H2,1H3. The van der Waals surface area contributed by atoms with Gasteiger partial charge in [0.05, 0.1) is 0 Å². The number of hydrogen-bond acceptors (Lipinski definition) is 1. The molecule has 0 heterocycles. The smallest absolute Gasteiger partial charge is 0.141 e. The van der Waals surface area contributed by atoms with E-state index < -0.39 is 0 Å². The third-order valence-corrected chi connectivity index (χ3v) is 3.51. The Kier molecular flexibility index (Phi) is 4.62. The topological polar surface area (TPSA) is 17.1 Å². The molecule has 2 aromatic rings. The Hall–Kier alpha value is -1.31. The summed E-state index contributed by atoms with van der Waals surface area (Å²) < 4.78 is 0. The molecule has 0 bridgehead atoms. The van der Waals surface area contributed by atoms with Crippen molar-refractivity contribution in [3.05, 3.63) is 69.2 Å². The first-order chi connectivity index (χ1) is 9.04. The molecule has 19 heavy (non-hydrogen) atoms. The zero-order valence-electron chi connectivity index (χ0n) is 10.6. The van der Waals surface area contributed by atoms with Gasteiger partial charge in [0.2, 0.25) is 0 Å². The second-order valence-corrected chi connectivity index (χ2v) is 5.46. The molecule has 0 aromatic heterocycles. The quantitative estimate of drug-likeness (QED) is 0.801. The number of hydrogen-bond donors (Lipinski definition) is 0. The molecule has 0 unspecified atom stereocenters. The lowest BCUT2D eigenvalue weighted by molar-refractivity contribution is -0.117. The molecule has 3 heteroatoms. The fourth-order valence-electron chi connectivity index (χ4n) is 1.87. The normalized spacial score (nSPS) is 10.5. The first-order valence-corrected chi connectivity index (χ1v) is 6.81. The van der Waals surface area contributed by atoms with Crippen molar-refractivity contribution in [1.82, 2.24) is 0 Å². The van der Waals surface area contributed by atoms with Crippen molar-refractivity contribution in [3.8, 4) is 0 Å². The van der Waals surface area contributed by atoms with Crippen molar-refractivity contribution >= 4 is 29.0 Å². The Labute approximate surface area is 123 Å². The number of Topliss-reactive ketones (excluding diaryl/α,β-unsaturated/α-hetero) is 1. The van der Waals surface area contributed by atoms with E-state index in [1.54, 1.807) is 18.2 Å². The Bertz CT molecular complexity index is 588. The van der Waals surface area contributed by atoms with Crippen molar-refractivity contribution in [2.45, 2.75) is 19.8 Å². The van der Waals surface area contributed by atoms with Crippen molar-refractivity contribution in [1.29, 1.82) is 0 Å². The van der Waals surface area contributed by atoms with E-state index in [0.717, 1.165) is 11.1 Å². The molecule has 98 valence electrons. The average Bonchev–Trinajstić information content (AvgIpc) is 2.36. The van der Waals surface area contributed by atoms with E-state index in [4.69, 9.17) is 23.2 Å². The van der Waals surface area contributed by atoms with Gasteiger partial charge >= 0.3 is 0 Å². The summed E-state index contributed by atoms with van der Waals surface area (Å²) in [5.41, 5.74) is 3.04. The molecule has 0 saturated heterocycles. The van der Waals surface area contributed by atoms with Gasteiger partial charge in [0.15, 0.2) is 0 Å². The van der Waals surface area contributed by atoms with E-state index in [1.165, 1.54) is 5.56 Å². The first-order valence-electron chi connectivity index (χ1n) is 6.06. The summed E-state index contributed by atoms with van der Waals surface area (Å²) in [4.78, 5) is 12.0. The average molecular weight is 293 g/mol. The van der Waals surface area contributed by atoms with Gasteiger partial charge in [0.25, 0.3) is 0 Å². The van der Waals surface area contributed by atoms with Crippen LogP contribution in [0, 0.1) is 6.92 Å². The highest BCUT2D eigenvalue weighted by atomic mass is 35.5. The lowest BCUT2D eigenvalue weighted by Crippen LogP contribution is -2.07. The second-order valence-electron chi connectivity index (χ2n) is 4.61. The number of aryl methyl sites for hydroxylation is 1. The molecular formula is C16H14Cl2O. The Morgan fingerprint density at radius 2 is 1.68 bits per heavy atom. The zero-order valence-corrected chi connectivity index (χ0v) is 12.1. The molecule has 0 spiro atoms. The number of ketones is 1. The highest BCUT2D eigenvalue weighted by Crippen LogP contribution is 2.21. The van der Waals surface area contributed by atoms with Crippen LogP contribution in [0.1, 0.15) is 16.7 Å². The van der Waals surface area contributed by atoms with Crippen LogP contribution in [0.3, 0.4) is 0 Å². The van der Waals surface area contributed by atoms with Crippen molar-refractivity contribution in [2.75, 3.05) is 0 Å². The van der Waals surface area contributed by atoms with Gasteiger partial charge in [0, 0.05) is 22.9 Å². The van der Waals surface area contributed by atoms with Crippen molar-refractivity contribution in [3.63, 3.8) is 0 Å². The molecule has 0 N–H and O–H groups in total. The minimum atomic E-state index is 0.146. The summed E-state index contributed by atoms with van der Waals surface area (Å²) in [6.07, 6.45) is 0.767. The van der Waals surface area contributed by atoms with E-state index in [2.05, 4.69) is 0 Å². The predicted octanol–water partition coefficient (Wildman–Crippen LogP) is 4.66. The predicted molar refractivity (Wildman–Crippen MR) is 80.1 cm³/mol. The Balaban J connectivity index is 2.03. The molecule has 2 rings (SSSR count). The summed E-state index contributed by atoms with van der Waals surface area (Å²) in [6.45, 7) is 2.03. The van der Waals surface area contributed by atoms with Gasteiger partial charge in [-0.25, -0.2) is 0 Å². The molecule has 2 aromatic carbocycles. The summed E-state index contributed by atoms with van der Waals surface area (Å²) in [5, 5.41) is 1.13. The van der Waals surface area contributed by atoms with E-state index >= 15 is 0 Å².